The molecule has 0 radical (unpaired) electrons. The van der Waals surface area contributed by atoms with Crippen molar-refractivity contribution in [3.05, 3.63) is 77.0 Å². The maximum absolute atomic E-state index is 10.8. The van der Waals surface area contributed by atoms with E-state index in [-0.39, 0.29) is 11.5 Å². The van der Waals surface area contributed by atoms with Crippen LogP contribution in [0.1, 0.15) is 22.3 Å². The predicted octanol–water partition coefficient (Wildman–Crippen LogP) is 5.19. The topological polar surface area (TPSA) is 97.0 Å². The van der Waals surface area contributed by atoms with Crippen LogP contribution < -0.4 is 0 Å². The van der Waals surface area contributed by atoms with Gasteiger partial charge in [-0.1, -0.05) is 30.3 Å². The summed E-state index contributed by atoms with van der Waals surface area (Å²) in [5.41, 5.74) is 5.27. The van der Waals surface area contributed by atoms with Gasteiger partial charge >= 0.3 is 0 Å². The monoisotopic (exact) mass is 437 g/mol. The number of aromatic hydroxyl groups is 2. The average Bonchev–Trinajstić information content (AvgIpc) is 3.25. The molecule has 2 heterocycles. The summed E-state index contributed by atoms with van der Waals surface area (Å²) in [6, 6.07) is 15.2. The van der Waals surface area contributed by atoms with Gasteiger partial charge in [0.2, 0.25) is 0 Å². The molecule has 0 unspecified atom stereocenters. The van der Waals surface area contributed by atoms with Crippen LogP contribution in [0.15, 0.2) is 54.7 Å². The smallest absolute Gasteiger partial charge is 0.255 e. The number of nitrogens with zero attached hydrogens (tertiary/aromatic N) is 5. The molecule has 0 saturated carbocycles. The first-order valence-electron chi connectivity index (χ1n) is 10.6. The quantitative estimate of drug-likeness (QED) is 0.403. The zero-order valence-corrected chi connectivity index (χ0v) is 18.8. The van der Waals surface area contributed by atoms with Crippen molar-refractivity contribution in [2.45, 2.75) is 27.7 Å². The van der Waals surface area contributed by atoms with Crippen LogP contribution in [0.4, 0.5) is 0 Å². The number of para-hydroxylation sites is 1. The summed E-state index contributed by atoms with van der Waals surface area (Å²) in [6.07, 6.45) is 1.75. The number of hydrogen-bond acceptors (Lipinski definition) is 6. The Labute approximate surface area is 191 Å². The lowest BCUT2D eigenvalue weighted by Gasteiger charge is -2.13. The van der Waals surface area contributed by atoms with Crippen LogP contribution in [0, 0.1) is 27.7 Å². The second-order valence-electron chi connectivity index (χ2n) is 8.21. The minimum absolute atomic E-state index is 0.118. The lowest BCUT2D eigenvalue weighted by molar-refractivity contribution is 0.472. The van der Waals surface area contributed by atoms with E-state index in [2.05, 4.69) is 20.1 Å². The van der Waals surface area contributed by atoms with Gasteiger partial charge in [-0.2, -0.15) is 19.7 Å². The fourth-order valence-electron chi connectivity index (χ4n) is 3.79. The van der Waals surface area contributed by atoms with Crippen molar-refractivity contribution in [3.8, 4) is 40.2 Å². The second kappa shape index (κ2) is 7.70. The molecule has 0 aliphatic heterocycles. The first-order valence-corrected chi connectivity index (χ1v) is 10.6. The Kier molecular flexibility index (Phi) is 4.82. The molecule has 2 N–H and O–H groups in total. The number of rotatable bonds is 3. The second-order valence-corrected chi connectivity index (χ2v) is 8.21. The highest BCUT2D eigenvalue weighted by Gasteiger charge is 2.19. The molecule has 33 heavy (non-hydrogen) atoms. The zero-order valence-electron chi connectivity index (χ0n) is 18.8. The minimum Gasteiger partial charge on any atom is -0.507 e. The van der Waals surface area contributed by atoms with Crippen molar-refractivity contribution in [2.24, 2.45) is 0 Å². The molecule has 0 saturated heterocycles. The number of fused-ring (bicyclic) bond motifs is 1. The van der Waals surface area contributed by atoms with Crippen LogP contribution in [-0.2, 0) is 0 Å². The summed E-state index contributed by atoms with van der Waals surface area (Å²) >= 11 is 0. The summed E-state index contributed by atoms with van der Waals surface area (Å²) in [4.78, 5) is 14.0. The Hall–Kier alpha value is -4.26. The lowest BCUT2D eigenvalue weighted by atomic mass is 10.0. The van der Waals surface area contributed by atoms with E-state index in [0.717, 1.165) is 33.2 Å². The van der Waals surface area contributed by atoms with Crippen molar-refractivity contribution in [1.82, 2.24) is 24.7 Å². The predicted molar refractivity (Wildman–Crippen MR) is 128 cm³/mol. The lowest BCUT2D eigenvalue weighted by Crippen LogP contribution is -2.08. The van der Waals surface area contributed by atoms with E-state index in [1.54, 1.807) is 23.0 Å². The maximum atomic E-state index is 10.8. The molecule has 3 aromatic carbocycles. The molecule has 0 fully saturated rings. The fraction of sp³-hybridized carbons (Fsp3) is 0.154. The van der Waals surface area contributed by atoms with Gasteiger partial charge in [0.05, 0.1) is 22.8 Å². The van der Waals surface area contributed by atoms with Gasteiger partial charge in [-0.3, -0.25) is 0 Å². The van der Waals surface area contributed by atoms with Crippen molar-refractivity contribution < 1.29 is 10.2 Å². The first kappa shape index (κ1) is 20.6. The van der Waals surface area contributed by atoms with Crippen LogP contribution in [0.2, 0.25) is 0 Å². The molecule has 2 aromatic heterocycles. The highest BCUT2D eigenvalue weighted by Crippen LogP contribution is 2.36. The van der Waals surface area contributed by atoms with Crippen molar-refractivity contribution >= 4 is 10.9 Å². The number of hydrogen-bond donors (Lipinski definition) is 2. The summed E-state index contributed by atoms with van der Waals surface area (Å²) in [5.74, 6) is 1.13. The van der Waals surface area contributed by atoms with E-state index in [9.17, 15) is 10.2 Å². The summed E-state index contributed by atoms with van der Waals surface area (Å²) < 4.78 is 1.64. The molecule has 7 nitrogen and oxygen atoms in total. The Morgan fingerprint density at radius 2 is 1.21 bits per heavy atom. The van der Waals surface area contributed by atoms with Gasteiger partial charge in [0.15, 0.2) is 11.6 Å². The number of aromatic nitrogens is 5. The van der Waals surface area contributed by atoms with Gasteiger partial charge in [-0.05, 0) is 68.1 Å². The molecule has 0 aliphatic carbocycles. The summed E-state index contributed by atoms with van der Waals surface area (Å²) in [6.45, 7) is 7.58. The van der Waals surface area contributed by atoms with Crippen LogP contribution in [0.25, 0.3) is 39.6 Å². The largest absolute Gasteiger partial charge is 0.507 e. The first-order chi connectivity index (χ1) is 15.8. The van der Waals surface area contributed by atoms with Crippen molar-refractivity contribution in [3.63, 3.8) is 0 Å². The van der Waals surface area contributed by atoms with E-state index in [0.29, 0.717) is 28.7 Å². The average molecular weight is 438 g/mol. The standard InChI is InChI=1S/C26H23N5O2/c1-14-9-11-19(22(32)16(14)3)24-28-25(20-12-10-15(2)17(4)23(20)33)30-26(29-24)31-21-8-6-5-7-18(21)13-27-31/h5-13,32-33H,1-4H3. The Morgan fingerprint density at radius 3 is 1.79 bits per heavy atom. The number of benzene rings is 3. The molecule has 5 aromatic rings. The molecule has 0 aliphatic rings. The SMILES string of the molecule is Cc1ccc(-c2nc(-c3ccc(C)c(C)c3O)nc(-n3ncc4ccccc43)n2)c(O)c1C. The molecular weight excluding hydrogens is 414 g/mol. The van der Waals surface area contributed by atoms with Gasteiger partial charge in [-0.15, -0.1) is 0 Å². The normalized spacial score (nSPS) is 11.3. The molecular formula is C26H23N5O2. The van der Waals surface area contributed by atoms with E-state index in [1.807, 2.05) is 64.1 Å². The number of phenolic OH excluding ortho intramolecular Hbond substituents is 2. The van der Waals surface area contributed by atoms with Gasteiger partial charge < -0.3 is 10.2 Å². The Morgan fingerprint density at radius 1 is 0.667 bits per heavy atom. The van der Waals surface area contributed by atoms with Crippen molar-refractivity contribution in [1.29, 1.82) is 0 Å². The van der Waals surface area contributed by atoms with Crippen LogP contribution >= 0.6 is 0 Å². The molecule has 164 valence electrons. The zero-order chi connectivity index (χ0) is 23.3. The molecule has 0 bridgehead atoms. The third kappa shape index (κ3) is 3.38. The third-order valence-corrected chi connectivity index (χ3v) is 6.18. The maximum Gasteiger partial charge on any atom is 0.255 e. The van der Waals surface area contributed by atoms with Crippen LogP contribution in [0.3, 0.4) is 0 Å². The molecule has 0 amide bonds. The summed E-state index contributed by atoms with van der Waals surface area (Å²) in [7, 11) is 0. The van der Waals surface area contributed by atoms with E-state index >= 15 is 0 Å². The molecule has 0 spiro atoms. The van der Waals surface area contributed by atoms with Crippen LogP contribution in [-0.4, -0.2) is 34.9 Å². The van der Waals surface area contributed by atoms with Gasteiger partial charge in [0.25, 0.3) is 5.95 Å². The van der Waals surface area contributed by atoms with Crippen LogP contribution in [0.5, 0.6) is 11.5 Å². The van der Waals surface area contributed by atoms with E-state index in [4.69, 9.17) is 0 Å². The number of aryl methyl sites for hydroxylation is 2. The summed E-state index contributed by atoms with van der Waals surface area (Å²) in [5, 5.41) is 27.1. The molecule has 5 rings (SSSR count). The molecule has 0 atom stereocenters. The fourth-order valence-corrected chi connectivity index (χ4v) is 3.79. The van der Waals surface area contributed by atoms with Gasteiger partial charge in [0, 0.05) is 5.39 Å². The Balaban J connectivity index is 1.81. The highest BCUT2D eigenvalue weighted by molar-refractivity contribution is 5.80. The van der Waals surface area contributed by atoms with E-state index in [1.165, 1.54) is 0 Å². The highest BCUT2D eigenvalue weighted by atomic mass is 16.3. The molecule has 7 heteroatoms. The van der Waals surface area contributed by atoms with Gasteiger partial charge in [-0.25, -0.2) is 4.98 Å². The third-order valence-electron chi connectivity index (χ3n) is 6.18. The minimum atomic E-state index is 0.118. The number of phenols is 2. The Bertz CT molecular complexity index is 1460. The van der Waals surface area contributed by atoms with E-state index < -0.39 is 0 Å². The van der Waals surface area contributed by atoms with Gasteiger partial charge in [0.1, 0.15) is 11.5 Å². The van der Waals surface area contributed by atoms with Crippen molar-refractivity contribution in [2.75, 3.05) is 0 Å².